The highest BCUT2D eigenvalue weighted by molar-refractivity contribution is 8.04. The Morgan fingerprint density at radius 3 is 2.15 bits per heavy atom. The predicted molar refractivity (Wildman–Crippen MR) is 132 cm³/mol. The van der Waals surface area contributed by atoms with Crippen LogP contribution >= 0.6 is 11.8 Å². The Bertz CT molecular complexity index is 1050. The predicted octanol–water partition coefficient (Wildman–Crippen LogP) is 4.92. The van der Waals surface area contributed by atoms with Gasteiger partial charge in [0, 0.05) is 17.4 Å². The van der Waals surface area contributed by atoms with Gasteiger partial charge in [-0.2, -0.15) is 0 Å². The standard InChI is InChI=1S/C26H31NO5S/c1-15(2)33-22-23(26(3,4)24(22)28)27-18(25(29)30)12-16-13-19(31-5)21(20(14-16)32-6)17-10-8-7-9-11-17/h7-11,13-15,18,27H,12H2,1-6H3,(H,29,30)/t18-/m0/s1. The van der Waals surface area contributed by atoms with Crippen LogP contribution in [-0.4, -0.2) is 42.4 Å². The van der Waals surface area contributed by atoms with E-state index in [2.05, 4.69) is 5.32 Å². The minimum absolute atomic E-state index is 0.0448. The molecule has 0 fully saturated rings. The molecule has 7 heteroatoms. The molecule has 0 saturated carbocycles. The Morgan fingerprint density at radius 1 is 1.09 bits per heavy atom. The van der Waals surface area contributed by atoms with Crippen LogP contribution in [0.4, 0.5) is 0 Å². The van der Waals surface area contributed by atoms with Crippen molar-refractivity contribution in [1.82, 2.24) is 5.32 Å². The number of carbonyl (C=O) groups excluding carboxylic acids is 1. The first kappa shape index (κ1) is 24.7. The van der Waals surface area contributed by atoms with E-state index in [0.717, 1.165) is 16.7 Å². The zero-order chi connectivity index (χ0) is 24.3. The fourth-order valence-electron chi connectivity index (χ4n) is 3.91. The van der Waals surface area contributed by atoms with Crippen molar-refractivity contribution < 1.29 is 24.2 Å². The number of nitrogens with one attached hydrogen (secondary N) is 1. The second kappa shape index (κ2) is 9.91. The third-order valence-electron chi connectivity index (χ3n) is 5.66. The summed E-state index contributed by atoms with van der Waals surface area (Å²) in [5, 5.41) is 13.3. The number of aliphatic carboxylic acids is 1. The normalized spacial score (nSPS) is 15.8. The summed E-state index contributed by atoms with van der Waals surface area (Å²) in [5.41, 5.74) is 2.48. The third-order valence-corrected chi connectivity index (χ3v) is 6.76. The molecule has 2 N–H and O–H groups in total. The van der Waals surface area contributed by atoms with E-state index in [-0.39, 0.29) is 17.5 Å². The highest BCUT2D eigenvalue weighted by Crippen LogP contribution is 2.47. The van der Waals surface area contributed by atoms with Crippen molar-refractivity contribution in [1.29, 1.82) is 0 Å². The van der Waals surface area contributed by atoms with Gasteiger partial charge in [-0.25, -0.2) is 4.79 Å². The van der Waals surface area contributed by atoms with Crippen LogP contribution in [0.1, 0.15) is 33.3 Å². The summed E-state index contributed by atoms with van der Waals surface area (Å²) < 4.78 is 11.3. The first-order chi connectivity index (χ1) is 15.6. The number of carboxylic acids is 1. The molecule has 0 aromatic heterocycles. The molecule has 2 aromatic carbocycles. The van der Waals surface area contributed by atoms with Gasteiger partial charge >= 0.3 is 5.97 Å². The topological polar surface area (TPSA) is 84.9 Å². The molecular weight excluding hydrogens is 438 g/mol. The number of hydrogen-bond donors (Lipinski definition) is 2. The van der Waals surface area contributed by atoms with E-state index in [1.165, 1.54) is 11.8 Å². The van der Waals surface area contributed by atoms with Gasteiger partial charge in [0.25, 0.3) is 0 Å². The third kappa shape index (κ3) is 5.03. The molecule has 176 valence electrons. The van der Waals surface area contributed by atoms with E-state index in [9.17, 15) is 14.7 Å². The van der Waals surface area contributed by atoms with Crippen molar-refractivity contribution in [3.8, 4) is 22.6 Å². The van der Waals surface area contributed by atoms with Crippen molar-refractivity contribution >= 4 is 23.5 Å². The quantitative estimate of drug-likeness (QED) is 0.511. The SMILES string of the molecule is COc1cc(C[C@H](NC2=C(SC(C)C)C(=O)C2(C)C)C(=O)O)cc(OC)c1-c1ccccc1. The van der Waals surface area contributed by atoms with Crippen LogP contribution in [-0.2, 0) is 16.0 Å². The monoisotopic (exact) mass is 469 g/mol. The molecular formula is C26H31NO5S. The number of methoxy groups -OCH3 is 2. The summed E-state index contributed by atoms with van der Waals surface area (Å²) >= 11 is 1.47. The van der Waals surface area contributed by atoms with Crippen molar-refractivity contribution in [3.63, 3.8) is 0 Å². The molecule has 1 atom stereocenters. The van der Waals surface area contributed by atoms with Gasteiger partial charge in [0.1, 0.15) is 17.5 Å². The fraction of sp³-hybridized carbons (Fsp3) is 0.385. The lowest BCUT2D eigenvalue weighted by atomic mass is 9.74. The Morgan fingerprint density at radius 2 is 1.67 bits per heavy atom. The van der Waals surface area contributed by atoms with Crippen LogP contribution in [0.5, 0.6) is 11.5 Å². The van der Waals surface area contributed by atoms with Gasteiger partial charge in [-0.15, -0.1) is 11.8 Å². The highest BCUT2D eigenvalue weighted by Gasteiger charge is 2.48. The number of hydrogen-bond acceptors (Lipinski definition) is 6. The number of ether oxygens (including phenoxy) is 2. The molecule has 3 rings (SSSR count). The molecule has 0 heterocycles. The lowest BCUT2D eigenvalue weighted by molar-refractivity contribution is -0.139. The molecule has 0 bridgehead atoms. The van der Waals surface area contributed by atoms with E-state index in [1.807, 2.05) is 70.2 Å². The molecule has 0 radical (unpaired) electrons. The smallest absolute Gasteiger partial charge is 0.326 e. The van der Waals surface area contributed by atoms with E-state index in [0.29, 0.717) is 22.1 Å². The van der Waals surface area contributed by atoms with Gasteiger partial charge in [0.05, 0.1) is 30.1 Å². The Balaban J connectivity index is 1.95. The van der Waals surface area contributed by atoms with Crippen LogP contribution in [0, 0.1) is 5.41 Å². The first-order valence-corrected chi connectivity index (χ1v) is 11.7. The lowest BCUT2D eigenvalue weighted by Crippen LogP contribution is -2.50. The van der Waals surface area contributed by atoms with Crippen molar-refractivity contribution in [3.05, 3.63) is 58.6 Å². The molecule has 1 aliphatic carbocycles. The van der Waals surface area contributed by atoms with Crippen LogP contribution in [0.15, 0.2) is 53.1 Å². The number of Topliss-reactive ketones (excluding diaryl/α,β-unsaturated/α-hetero) is 1. The average Bonchev–Trinajstić information content (AvgIpc) is 2.79. The van der Waals surface area contributed by atoms with Gasteiger partial charge < -0.3 is 19.9 Å². The molecule has 2 aromatic rings. The van der Waals surface area contributed by atoms with E-state index in [1.54, 1.807) is 14.2 Å². The maximum Gasteiger partial charge on any atom is 0.326 e. The molecule has 0 amide bonds. The Labute approximate surface area is 199 Å². The average molecular weight is 470 g/mol. The van der Waals surface area contributed by atoms with Crippen LogP contribution < -0.4 is 14.8 Å². The minimum Gasteiger partial charge on any atom is -0.496 e. The summed E-state index contributed by atoms with van der Waals surface area (Å²) in [4.78, 5) is 25.4. The maximum atomic E-state index is 12.6. The van der Waals surface area contributed by atoms with Gasteiger partial charge in [-0.05, 0) is 37.1 Å². The molecule has 6 nitrogen and oxygen atoms in total. The van der Waals surface area contributed by atoms with Gasteiger partial charge in [0.2, 0.25) is 0 Å². The van der Waals surface area contributed by atoms with E-state index >= 15 is 0 Å². The second-order valence-electron chi connectivity index (χ2n) is 8.81. The molecule has 33 heavy (non-hydrogen) atoms. The number of carbonyl (C=O) groups is 2. The van der Waals surface area contributed by atoms with E-state index < -0.39 is 17.4 Å². The lowest BCUT2D eigenvalue weighted by Gasteiger charge is -2.40. The molecule has 1 aliphatic rings. The number of carboxylic acid groups (broad SMARTS) is 1. The van der Waals surface area contributed by atoms with Crippen LogP contribution in [0.25, 0.3) is 11.1 Å². The summed E-state index contributed by atoms with van der Waals surface area (Å²) in [5.74, 6) is 0.267. The van der Waals surface area contributed by atoms with Crippen molar-refractivity contribution in [2.45, 2.75) is 45.4 Å². The van der Waals surface area contributed by atoms with Crippen molar-refractivity contribution in [2.75, 3.05) is 14.2 Å². The maximum absolute atomic E-state index is 12.6. The number of thioether (sulfide) groups is 1. The molecule has 0 aliphatic heterocycles. The minimum atomic E-state index is -0.989. The van der Waals surface area contributed by atoms with Crippen molar-refractivity contribution in [2.24, 2.45) is 5.41 Å². The number of benzene rings is 2. The molecule has 0 spiro atoms. The summed E-state index contributed by atoms with van der Waals surface area (Å²) in [6, 6.07) is 12.5. The van der Waals surface area contributed by atoms with Crippen LogP contribution in [0.3, 0.4) is 0 Å². The van der Waals surface area contributed by atoms with Gasteiger partial charge in [0.15, 0.2) is 5.78 Å². The largest absolute Gasteiger partial charge is 0.496 e. The van der Waals surface area contributed by atoms with Gasteiger partial charge in [-0.1, -0.05) is 44.2 Å². The summed E-state index contributed by atoms with van der Waals surface area (Å²) in [6.07, 6.45) is 0.199. The Kier molecular flexibility index (Phi) is 7.42. The first-order valence-electron chi connectivity index (χ1n) is 10.9. The zero-order valence-corrected chi connectivity index (χ0v) is 20.7. The fourth-order valence-corrected chi connectivity index (χ4v) is 5.18. The molecule has 0 saturated heterocycles. The highest BCUT2D eigenvalue weighted by atomic mass is 32.2. The van der Waals surface area contributed by atoms with Crippen LogP contribution in [0.2, 0.25) is 0 Å². The number of ketones is 1. The Hall–Kier alpha value is -2.93. The second-order valence-corrected chi connectivity index (χ2v) is 10.4. The zero-order valence-electron chi connectivity index (χ0n) is 19.9. The summed E-state index contributed by atoms with van der Waals surface area (Å²) in [6.45, 7) is 7.66. The van der Waals surface area contributed by atoms with Gasteiger partial charge in [-0.3, -0.25) is 4.79 Å². The van der Waals surface area contributed by atoms with E-state index in [4.69, 9.17) is 9.47 Å². The molecule has 0 unspecified atom stereocenters. The number of rotatable bonds is 10. The summed E-state index contributed by atoms with van der Waals surface area (Å²) in [7, 11) is 3.17. The number of allylic oxidation sites excluding steroid dienone is 2.